The molecule has 0 N–H and O–H groups in total. The van der Waals surface area contributed by atoms with Crippen LogP contribution in [0.15, 0.2) is 47.2 Å². The fraction of sp³-hybridized carbons (Fsp3) is 0.526. The van der Waals surface area contributed by atoms with E-state index in [9.17, 15) is 0 Å². The van der Waals surface area contributed by atoms with Crippen LogP contribution in [-0.2, 0) is 0 Å². The van der Waals surface area contributed by atoms with E-state index in [-0.39, 0.29) is 0 Å². The molecule has 0 saturated heterocycles. The number of hydrogen-bond donors (Lipinski definition) is 0. The van der Waals surface area contributed by atoms with E-state index in [1.807, 2.05) is 22.7 Å². The molecule has 0 bridgehead atoms. The van der Waals surface area contributed by atoms with Crippen molar-refractivity contribution in [3.8, 4) is 20.0 Å². The van der Waals surface area contributed by atoms with E-state index in [0.717, 1.165) is 11.8 Å². The topological polar surface area (TPSA) is 0 Å². The third kappa shape index (κ3) is 7.85. The van der Waals surface area contributed by atoms with Crippen molar-refractivity contribution in [1.29, 1.82) is 0 Å². The Hall–Kier alpha value is -0.861. The number of thiophene rings is 2. The molecule has 42 heavy (non-hydrogen) atoms. The van der Waals surface area contributed by atoms with Gasteiger partial charge in [-0.1, -0.05) is 0 Å². The van der Waals surface area contributed by atoms with Crippen LogP contribution in [0.4, 0.5) is 0 Å². The molecule has 0 radical (unpaired) electrons. The zero-order valence-corrected chi connectivity index (χ0v) is 31.4. The van der Waals surface area contributed by atoms with Crippen molar-refractivity contribution in [2.45, 2.75) is 129 Å². The molecule has 0 fully saturated rings. The standard InChI is InChI=1S/C38H50S2Se2/c1-5-7-9-11-13-15-17-27(3)31-19-21-33(41-31)35-29-23-25-40-38(29)36(30-24-26-39-37(30)35)34-22-20-32(42-34)28(4)18-16-14-12-10-8-6-2/h19-28H,5-18H2,1-4H3. The van der Waals surface area contributed by atoms with Crippen molar-refractivity contribution in [2.24, 2.45) is 0 Å². The summed E-state index contributed by atoms with van der Waals surface area (Å²) >= 11 is 4.80. The predicted octanol–water partition coefficient (Wildman–Crippen LogP) is 13.3. The third-order valence-corrected chi connectivity index (χ3v) is 16.5. The van der Waals surface area contributed by atoms with Crippen molar-refractivity contribution in [1.82, 2.24) is 0 Å². The molecule has 0 spiro atoms. The molecule has 4 heteroatoms. The molecule has 2 atom stereocenters. The van der Waals surface area contributed by atoms with Gasteiger partial charge in [-0.3, -0.25) is 0 Å². The fourth-order valence-electron chi connectivity index (χ4n) is 6.38. The minimum absolute atomic E-state index is 0.437. The Balaban J connectivity index is 1.35. The quantitative estimate of drug-likeness (QED) is 0.0622. The van der Waals surface area contributed by atoms with Gasteiger partial charge in [0.1, 0.15) is 0 Å². The van der Waals surface area contributed by atoms with Gasteiger partial charge in [0.2, 0.25) is 0 Å². The molecular weight excluding hydrogens is 678 g/mol. The van der Waals surface area contributed by atoms with Crippen molar-refractivity contribution in [3.05, 3.63) is 56.0 Å². The monoisotopic (exact) mass is 730 g/mol. The molecule has 0 nitrogen and oxygen atoms in total. The molecule has 5 rings (SSSR count). The Kier molecular flexibility index (Phi) is 12.7. The van der Waals surface area contributed by atoms with Crippen LogP contribution in [0.3, 0.4) is 0 Å². The van der Waals surface area contributed by atoms with E-state index >= 15 is 0 Å². The van der Waals surface area contributed by atoms with E-state index in [1.165, 1.54) is 110 Å². The number of fused-ring (bicyclic) bond motifs is 2. The van der Waals surface area contributed by atoms with Gasteiger partial charge in [0, 0.05) is 0 Å². The second kappa shape index (κ2) is 16.4. The number of rotatable bonds is 18. The fourth-order valence-corrected chi connectivity index (χ4v) is 13.5. The Labute approximate surface area is 275 Å². The molecule has 4 heterocycles. The summed E-state index contributed by atoms with van der Waals surface area (Å²) in [4.78, 5) is 0. The number of unbranched alkanes of at least 4 members (excludes halogenated alkanes) is 10. The van der Waals surface area contributed by atoms with E-state index < -0.39 is 0 Å². The summed E-state index contributed by atoms with van der Waals surface area (Å²) < 4.78 is 9.66. The van der Waals surface area contributed by atoms with Crippen molar-refractivity contribution >= 4 is 71.9 Å². The normalized spacial score (nSPS) is 13.4. The summed E-state index contributed by atoms with van der Waals surface area (Å²) in [6.07, 6.45) is 19.4. The van der Waals surface area contributed by atoms with Gasteiger partial charge in [0.25, 0.3) is 0 Å². The van der Waals surface area contributed by atoms with Crippen molar-refractivity contribution < 1.29 is 0 Å². The van der Waals surface area contributed by atoms with Crippen LogP contribution in [0.1, 0.15) is 138 Å². The van der Waals surface area contributed by atoms with E-state index in [1.54, 1.807) is 28.9 Å². The molecule has 4 aromatic heterocycles. The molecule has 0 aliphatic heterocycles. The first kappa shape index (κ1) is 32.5. The molecular formula is C38H50S2Se2. The summed E-state index contributed by atoms with van der Waals surface area (Å²) in [6.45, 7) is 9.57. The van der Waals surface area contributed by atoms with E-state index in [2.05, 4.69) is 74.9 Å². The molecule has 0 aliphatic carbocycles. The first-order chi connectivity index (χ1) is 20.6. The molecule has 0 saturated carbocycles. The zero-order valence-electron chi connectivity index (χ0n) is 26.3. The van der Waals surface area contributed by atoms with Crippen LogP contribution < -0.4 is 0 Å². The second-order valence-corrected chi connectivity index (χ2v) is 18.9. The Bertz CT molecular complexity index is 1350. The number of hydrogen-bond acceptors (Lipinski definition) is 2. The SMILES string of the molecule is CCCCCCCCC(C)c1ccc(-c2c3ccsc3c(-c3ccc(C(C)CCCCCCCC)[se]3)c3ccsc23)[se]1. The van der Waals surface area contributed by atoms with Gasteiger partial charge in [0.15, 0.2) is 0 Å². The van der Waals surface area contributed by atoms with E-state index in [0.29, 0.717) is 29.0 Å². The maximum atomic E-state index is 2.49. The van der Waals surface area contributed by atoms with Gasteiger partial charge < -0.3 is 0 Å². The average molecular weight is 729 g/mol. The van der Waals surface area contributed by atoms with Gasteiger partial charge in [-0.15, -0.1) is 0 Å². The first-order valence-corrected chi connectivity index (χ1v) is 21.9. The summed E-state index contributed by atoms with van der Waals surface area (Å²) in [6, 6.07) is 14.8. The van der Waals surface area contributed by atoms with Crippen LogP contribution in [0.2, 0.25) is 0 Å². The van der Waals surface area contributed by atoms with Gasteiger partial charge in [-0.25, -0.2) is 0 Å². The summed E-state index contributed by atoms with van der Waals surface area (Å²) in [5.41, 5.74) is 3.10. The van der Waals surface area contributed by atoms with Gasteiger partial charge in [0.05, 0.1) is 0 Å². The Morgan fingerprint density at radius 2 is 0.929 bits per heavy atom. The van der Waals surface area contributed by atoms with Crippen LogP contribution >= 0.6 is 22.7 Å². The summed E-state index contributed by atoms with van der Waals surface area (Å²) in [7, 11) is 0. The van der Waals surface area contributed by atoms with Crippen molar-refractivity contribution in [3.63, 3.8) is 0 Å². The average Bonchev–Trinajstić information content (AvgIpc) is 3.82. The zero-order chi connectivity index (χ0) is 29.3. The van der Waals surface area contributed by atoms with Gasteiger partial charge in [-0.05, 0) is 0 Å². The van der Waals surface area contributed by atoms with Crippen LogP contribution in [0, 0.1) is 0 Å². The predicted molar refractivity (Wildman–Crippen MR) is 195 cm³/mol. The summed E-state index contributed by atoms with van der Waals surface area (Å²) in [5.74, 6) is 1.44. The molecule has 2 unspecified atom stereocenters. The Morgan fingerprint density at radius 1 is 0.524 bits per heavy atom. The molecule has 226 valence electrons. The molecule has 0 amide bonds. The Morgan fingerprint density at radius 3 is 1.36 bits per heavy atom. The molecule has 5 aromatic rings. The minimum atomic E-state index is 0.437. The van der Waals surface area contributed by atoms with Gasteiger partial charge in [-0.2, -0.15) is 0 Å². The molecule has 0 aliphatic rings. The number of benzene rings is 1. The third-order valence-electron chi connectivity index (χ3n) is 9.02. The van der Waals surface area contributed by atoms with Crippen LogP contribution in [0.25, 0.3) is 40.2 Å². The van der Waals surface area contributed by atoms with Crippen LogP contribution in [0.5, 0.6) is 0 Å². The van der Waals surface area contributed by atoms with Crippen molar-refractivity contribution in [2.75, 3.05) is 0 Å². The van der Waals surface area contributed by atoms with Crippen LogP contribution in [-0.4, -0.2) is 29.0 Å². The van der Waals surface area contributed by atoms with E-state index in [4.69, 9.17) is 0 Å². The molecule has 1 aromatic carbocycles. The van der Waals surface area contributed by atoms with Gasteiger partial charge >= 0.3 is 277 Å². The summed E-state index contributed by atoms with van der Waals surface area (Å²) in [5, 5.41) is 7.69. The first-order valence-electron chi connectivity index (χ1n) is 16.7. The second-order valence-electron chi connectivity index (χ2n) is 12.4. The maximum absolute atomic E-state index is 2.49.